The number of benzene rings is 3. The fourth-order valence-electron chi connectivity index (χ4n) is 3.37. The van der Waals surface area contributed by atoms with Crippen LogP contribution in [0.15, 0.2) is 71.7 Å². The van der Waals surface area contributed by atoms with Crippen LogP contribution < -0.4 is 11.5 Å². The third-order valence-corrected chi connectivity index (χ3v) is 5.05. The molecule has 0 saturated carbocycles. The smallest absolute Gasteiger partial charge is 0.135 e. The summed E-state index contributed by atoms with van der Waals surface area (Å²) in [5, 5.41) is 0. The number of anilines is 1. The molecule has 1 atom stereocenters. The fraction of sp³-hybridized carbons (Fsp3) is 0.240. The topological polar surface area (TPSA) is 64.4 Å². The summed E-state index contributed by atoms with van der Waals surface area (Å²) in [4.78, 5) is 4.58. The van der Waals surface area contributed by atoms with Gasteiger partial charge in [0.1, 0.15) is 11.6 Å². The van der Waals surface area contributed by atoms with Crippen LogP contribution in [-0.2, 0) is 0 Å². The molecule has 0 aromatic heterocycles. The van der Waals surface area contributed by atoms with Crippen molar-refractivity contribution in [3.05, 3.63) is 89.5 Å². The fourth-order valence-corrected chi connectivity index (χ4v) is 3.37. The maximum Gasteiger partial charge on any atom is 0.135 e. The highest BCUT2D eigenvalue weighted by Gasteiger charge is 2.24. The van der Waals surface area contributed by atoms with Crippen molar-refractivity contribution in [2.75, 3.05) is 12.3 Å². The molecule has 0 bridgehead atoms. The lowest BCUT2D eigenvalue weighted by Gasteiger charge is -2.09. The quantitative estimate of drug-likeness (QED) is 0.529. The molecule has 1 unspecified atom stereocenters. The number of aliphatic imine (C=N–C) groups is 1. The second kappa shape index (κ2) is 10.1. The molecule has 4 N–H and O–H groups in total. The summed E-state index contributed by atoms with van der Waals surface area (Å²) in [5.41, 5.74) is 15.2. The minimum atomic E-state index is -0.553. The maximum atomic E-state index is 14.0. The summed E-state index contributed by atoms with van der Waals surface area (Å²) in [7, 11) is 0. The van der Waals surface area contributed by atoms with Crippen molar-refractivity contribution in [2.45, 2.75) is 32.2 Å². The van der Waals surface area contributed by atoms with E-state index in [4.69, 9.17) is 11.5 Å². The van der Waals surface area contributed by atoms with Crippen molar-refractivity contribution in [2.24, 2.45) is 10.7 Å². The van der Waals surface area contributed by atoms with Gasteiger partial charge in [-0.05, 0) is 66.8 Å². The highest BCUT2D eigenvalue weighted by Crippen LogP contribution is 2.33. The predicted molar refractivity (Wildman–Crippen MR) is 121 cm³/mol. The summed E-state index contributed by atoms with van der Waals surface area (Å²) in [5.74, 6) is -1.11. The Morgan fingerprint density at radius 1 is 0.900 bits per heavy atom. The zero-order valence-corrected chi connectivity index (χ0v) is 17.1. The monoisotopic (exact) mass is 407 g/mol. The molecule has 0 saturated heterocycles. The summed E-state index contributed by atoms with van der Waals surface area (Å²) in [6.45, 7) is 2.88. The van der Waals surface area contributed by atoms with E-state index in [1.165, 1.54) is 18.2 Å². The summed E-state index contributed by atoms with van der Waals surface area (Å²) in [6.07, 6.45) is 2.42. The Hall–Kier alpha value is -3.05. The van der Waals surface area contributed by atoms with Gasteiger partial charge in [-0.2, -0.15) is 0 Å². The van der Waals surface area contributed by atoms with E-state index in [1.807, 2.05) is 48.5 Å². The number of nitrogens with zero attached hydrogens (tertiary/aromatic N) is 1. The van der Waals surface area contributed by atoms with Gasteiger partial charge < -0.3 is 11.5 Å². The summed E-state index contributed by atoms with van der Waals surface area (Å²) < 4.78 is 27.9. The Bertz CT molecular complexity index is 974. The molecule has 0 fully saturated rings. The van der Waals surface area contributed by atoms with E-state index >= 15 is 0 Å². The molecule has 1 heterocycles. The second-order valence-electron chi connectivity index (χ2n) is 7.26. The number of rotatable bonds is 4. The van der Waals surface area contributed by atoms with Crippen LogP contribution in [0.4, 0.5) is 14.5 Å². The zero-order valence-electron chi connectivity index (χ0n) is 17.1. The number of hydrogen-bond donors (Lipinski definition) is 2. The molecular formula is C25H27F2N3. The van der Waals surface area contributed by atoms with E-state index in [2.05, 4.69) is 11.9 Å². The van der Waals surface area contributed by atoms with Gasteiger partial charge in [0.05, 0.1) is 11.6 Å². The Morgan fingerprint density at radius 2 is 1.43 bits per heavy atom. The van der Waals surface area contributed by atoms with Gasteiger partial charge in [-0.25, -0.2) is 8.78 Å². The Morgan fingerprint density at radius 3 is 1.97 bits per heavy atom. The molecule has 4 rings (SSSR count). The van der Waals surface area contributed by atoms with Gasteiger partial charge in [0.2, 0.25) is 0 Å². The molecule has 0 spiro atoms. The van der Waals surface area contributed by atoms with Crippen LogP contribution in [0.25, 0.3) is 11.1 Å². The first kappa shape index (κ1) is 21.7. The minimum Gasteiger partial charge on any atom is -0.399 e. The average Bonchev–Trinajstić information content (AvgIpc) is 3.24. The normalized spacial score (nSPS) is 15.3. The van der Waals surface area contributed by atoms with Gasteiger partial charge in [0.15, 0.2) is 0 Å². The Balaban J connectivity index is 0.000000589. The van der Waals surface area contributed by atoms with Crippen molar-refractivity contribution >= 4 is 11.4 Å². The van der Waals surface area contributed by atoms with Crippen LogP contribution in [-0.4, -0.2) is 12.3 Å². The molecule has 156 valence electrons. The predicted octanol–water partition coefficient (Wildman–Crippen LogP) is 5.89. The summed E-state index contributed by atoms with van der Waals surface area (Å²) in [6, 6.07) is 19.7. The van der Waals surface area contributed by atoms with Gasteiger partial charge in [-0.15, -0.1) is 0 Å². The number of hydrogen-bond acceptors (Lipinski definition) is 3. The molecule has 3 aromatic carbocycles. The minimum absolute atomic E-state index is 0.00787. The molecular weight excluding hydrogens is 380 g/mol. The van der Waals surface area contributed by atoms with Gasteiger partial charge in [-0.3, -0.25) is 4.99 Å². The van der Waals surface area contributed by atoms with Gasteiger partial charge in [0, 0.05) is 11.4 Å². The lowest BCUT2D eigenvalue weighted by Crippen LogP contribution is -2.03. The molecule has 0 radical (unpaired) electrons. The molecule has 0 aliphatic carbocycles. The Labute approximate surface area is 176 Å². The van der Waals surface area contributed by atoms with Crippen molar-refractivity contribution < 1.29 is 8.78 Å². The van der Waals surface area contributed by atoms with E-state index in [1.54, 1.807) is 0 Å². The van der Waals surface area contributed by atoms with Crippen molar-refractivity contribution in [1.29, 1.82) is 0 Å². The van der Waals surface area contributed by atoms with Crippen LogP contribution >= 0.6 is 0 Å². The maximum absolute atomic E-state index is 14.0. The van der Waals surface area contributed by atoms with E-state index < -0.39 is 11.6 Å². The molecule has 30 heavy (non-hydrogen) atoms. The van der Waals surface area contributed by atoms with E-state index in [9.17, 15) is 8.78 Å². The third kappa shape index (κ3) is 5.10. The lowest BCUT2D eigenvalue weighted by atomic mass is 9.99. The molecule has 5 heteroatoms. The summed E-state index contributed by atoms with van der Waals surface area (Å²) >= 11 is 0. The van der Waals surface area contributed by atoms with E-state index in [0.717, 1.165) is 41.8 Å². The van der Waals surface area contributed by atoms with Crippen LogP contribution in [0.3, 0.4) is 0 Å². The van der Waals surface area contributed by atoms with Gasteiger partial charge in [-0.1, -0.05) is 49.4 Å². The molecule has 1 aliphatic rings. The number of nitrogens with two attached hydrogens (primary N) is 2. The van der Waals surface area contributed by atoms with Crippen LogP contribution in [0.1, 0.15) is 43.4 Å². The first-order valence-electron chi connectivity index (χ1n) is 10.2. The van der Waals surface area contributed by atoms with Crippen molar-refractivity contribution in [3.8, 4) is 11.1 Å². The van der Waals surface area contributed by atoms with Gasteiger partial charge in [0.25, 0.3) is 0 Å². The average molecular weight is 408 g/mol. The van der Waals surface area contributed by atoms with E-state index in [-0.39, 0.29) is 11.6 Å². The largest absolute Gasteiger partial charge is 0.399 e. The van der Waals surface area contributed by atoms with Crippen molar-refractivity contribution in [3.63, 3.8) is 0 Å². The standard InChI is InChI=1S/C22H18F2N2.C3H9N/c23-18-2-1-3-19(24)22(18)21-13-12-20(26-21)16-6-4-14(5-7-16)15-8-10-17(25)11-9-15;1-2-3-4/h1-11,20H,12-13,25H2;2-4H2,1H3. The number of nitrogen functional groups attached to an aromatic ring is 1. The lowest BCUT2D eigenvalue weighted by molar-refractivity contribution is 0.578. The second-order valence-corrected chi connectivity index (χ2v) is 7.26. The molecule has 0 amide bonds. The van der Waals surface area contributed by atoms with Crippen LogP contribution in [0.5, 0.6) is 0 Å². The Kier molecular flexibility index (Phi) is 7.31. The first-order chi connectivity index (χ1) is 14.5. The zero-order chi connectivity index (χ0) is 21.5. The van der Waals surface area contributed by atoms with Gasteiger partial charge >= 0.3 is 0 Å². The highest BCUT2D eigenvalue weighted by atomic mass is 19.1. The molecule has 3 aromatic rings. The SMILES string of the molecule is CCCN.Nc1ccc(-c2ccc(C3CCC(c4c(F)cccc4F)=N3)cc2)cc1. The third-order valence-electron chi connectivity index (χ3n) is 5.05. The molecule has 3 nitrogen and oxygen atoms in total. The van der Waals surface area contributed by atoms with Crippen LogP contribution in [0.2, 0.25) is 0 Å². The molecule has 1 aliphatic heterocycles. The highest BCUT2D eigenvalue weighted by molar-refractivity contribution is 6.02. The van der Waals surface area contributed by atoms with E-state index in [0.29, 0.717) is 12.1 Å². The number of halogens is 2. The van der Waals surface area contributed by atoms with Crippen molar-refractivity contribution in [1.82, 2.24) is 0 Å². The van der Waals surface area contributed by atoms with Crippen LogP contribution in [0, 0.1) is 11.6 Å². The first-order valence-corrected chi connectivity index (χ1v) is 10.2.